The number of hydrogen-bond acceptors (Lipinski definition) is 4. The van der Waals surface area contributed by atoms with Crippen LogP contribution in [0.3, 0.4) is 0 Å². The van der Waals surface area contributed by atoms with Gasteiger partial charge in [0.2, 0.25) is 0 Å². The van der Waals surface area contributed by atoms with Crippen LogP contribution >= 0.6 is 0 Å². The minimum Gasteiger partial charge on any atom is -0.487 e. The van der Waals surface area contributed by atoms with Crippen molar-refractivity contribution in [2.24, 2.45) is 0 Å². The predicted molar refractivity (Wildman–Crippen MR) is 98.0 cm³/mol. The number of hydrogen-bond donors (Lipinski definition) is 0. The SMILES string of the molecule is c1cc2c(cc1CN1CCOCC1)CC1(CCN3CCCCC3C1)O2. The fraction of sp³-hybridized carbons (Fsp3) is 0.714. The van der Waals surface area contributed by atoms with Gasteiger partial charge in [0.05, 0.1) is 13.2 Å². The number of benzene rings is 1. The van der Waals surface area contributed by atoms with Gasteiger partial charge in [-0.25, -0.2) is 0 Å². The molecule has 0 saturated carbocycles. The molecule has 2 unspecified atom stereocenters. The van der Waals surface area contributed by atoms with Gasteiger partial charge in [0.1, 0.15) is 11.4 Å². The number of morpholine rings is 1. The highest BCUT2D eigenvalue weighted by atomic mass is 16.5. The molecule has 0 N–H and O–H groups in total. The molecule has 4 heterocycles. The maximum Gasteiger partial charge on any atom is 0.123 e. The number of ether oxygens (including phenoxy) is 2. The number of nitrogens with zero attached hydrogens (tertiary/aromatic N) is 2. The zero-order chi connectivity index (χ0) is 16.7. The van der Waals surface area contributed by atoms with E-state index in [1.807, 2.05) is 0 Å². The summed E-state index contributed by atoms with van der Waals surface area (Å²) in [6, 6.07) is 7.66. The van der Waals surface area contributed by atoms with Crippen molar-refractivity contribution in [3.8, 4) is 5.75 Å². The van der Waals surface area contributed by atoms with Crippen molar-refractivity contribution in [3.05, 3.63) is 29.3 Å². The lowest BCUT2D eigenvalue weighted by atomic mass is 9.80. The Bertz CT molecular complexity index is 628. The Balaban J connectivity index is 1.28. The van der Waals surface area contributed by atoms with Gasteiger partial charge >= 0.3 is 0 Å². The van der Waals surface area contributed by atoms with Gasteiger partial charge in [0.25, 0.3) is 0 Å². The van der Waals surface area contributed by atoms with E-state index in [1.54, 1.807) is 0 Å². The van der Waals surface area contributed by atoms with E-state index >= 15 is 0 Å². The number of rotatable bonds is 2. The minimum absolute atomic E-state index is 0.0818. The van der Waals surface area contributed by atoms with Crippen molar-refractivity contribution in [1.82, 2.24) is 9.80 Å². The Kier molecular flexibility index (Phi) is 4.23. The second kappa shape index (κ2) is 6.57. The third kappa shape index (κ3) is 3.20. The summed E-state index contributed by atoms with van der Waals surface area (Å²) in [5.74, 6) is 1.15. The molecule has 5 rings (SSSR count). The Hall–Kier alpha value is -1.10. The van der Waals surface area contributed by atoms with E-state index in [2.05, 4.69) is 28.0 Å². The van der Waals surface area contributed by atoms with Crippen LogP contribution in [0.4, 0.5) is 0 Å². The fourth-order valence-electron chi connectivity index (χ4n) is 5.32. The molecule has 1 aromatic rings. The second-order valence-electron chi connectivity index (χ2n) is 8.43. The molecule has 4 aliphatic heterocycles. The summed E-state index contributed by atoms with van der Waals surface area (Å²) in [5, 5.41) is 0. The molecule has 0 aliphatic carbocycles. The van der Waals surface area contributed by atoms with Crippen LogP contribution in [0.5, 0.6) is 5.75 Å². The van der Waals surface area contributed by atoms with E-state index in [-0.39, 0.29) is 5.60 Å². The summed E-state index contributed by atoms with van der Waals surface area (Å²) < 4.78 is 12.0. The van der Waals surface area contributed by atoms with E-state index in [4.69, 9.17) is 9.47 Å². The third-order valence-electron chi connectivity index (χ3n) is 6.69. The Labute approximate surface area is 151 Å². The summed E-state index contributed by atoms with van der Waals surface area (Å²) in [6.07, 6.45) is 7.67. The van der Waals surface area contributed by atoms with Gasteiger partial charge in [0.15, 0.2) is 0 Å². The van der Waals surface area contributed by atoms with Gasteiger partial charge in [-0.3, -0.25) is 4.90 Å². The van der Waals surface area contributed by atoms with Gasteiger partial charge in [-0.05, 0) is 36.6 Å². The van der Waals surface area contributed by atoms with Crippen LogP contribution in [0.25, 0.3) is 0 Å². The molecule has 4 heteroatoms. The van der Waals surface area contributed by atoms with Gasteiger partial charge < -0.3 is 14.4 Å². The van der Waals surface area contributed by atoms with Crippen molar-refractivity contribution in [2.75, 3.05) is 39.4 Å². The maximum absolute atomic E-state index is 6.57. The lowest BCUT2D eigenvalue weighted by Gasteiger charge is -2.46. The highest BCUT2D eigenvalue weighted by molar-refractivity contribution is 5.42. The molecular formula is C21H30N2O2. The first-order valence-electron chi connectivity index (χ1n) is 10.1. The van der Waals surface area contributed by atoms with Crippen LogP contribution in [-0.2, 0) is 17.7 Å². The van der Waals surface area contributed by atoms with Gasteiger partial charge in [-0.15, -0.1) is 0 Å². The van der Waals surface area contributed by atoms with E-state index < -0.39 is 0 Å². The topological polar surface area (TPSA) is 24.9 Å². The molecule has 1 aromatic carbocycles. The highest BCUT2D eigenvalue weighted by Crippen LogP contribution is 2.44. The molecule has 2 atom stereocenters. The lowest BCUT2D eigenvalue weighted by molar-refractivity contribution is -0.0249. The van der Waals surface area contributed by atoms with Gasteiger partial charge in [0, 0.05) is 51.5 Å². The van der Waals surface area contributed by atoms with Crippen LogP contribution in [0.1, 0.15) is 43.2 Å². The molecule has 1 spiro atoms. The van der Waals surface area contributed by atoms with Gasteiger partial charge in [-0.1, -0.05) is 18.6 Å². The standard InChI is InChI=1S/C21H30N2O2/c1-2-7-23-8-6-21(15-19(23)3-1)14-18-13-17(4-5-20(18)25-21)16-22-9-11-24-12-10-22/h4-5,13,19H,1-3,6-12,14-16H2. The smallest absolute Gasteiger partial charge is 0.123 e. The highest BCUT2D eigenvalue weighted by Gasteiger charge is 2.46. The second-order valence-corrected chi connectivity index (χ2v) is 8.43. The molecule has 0 amide bonds. The number of piperidine rings is 2. The van der Waals surface area contributed by atoms with Crippen molar-refractivity contribution in [2.45, 2.75) is 56.7 Å². The monoisotopic (exact) mass is 342 g/mol. The first-order valence-corrected chi connectivity index (χ1v) is 10.1. The maximum atomic E-state index is 6.57. The fourth-order valence-corrected chi connectivity index (χ4v) is 5.32. The first-order chi connectivity index (χ1) is 12.3. The third-order valence-corrected chi connectivity index (χ3v) is 6.69. The Morgan fingerprint density at radius 2 is 2.00 bits per heavy atom. The molecule has 4 aliphatic rings. The molecular weight excluding hydrogens is 312 g/mol. The quantitative estimate of drug-likeness (QED) is 0.825. The van der Waals surface area contributed by atoms with Crippen LogP contribution in [0.2, 0.25) is 0 Å². The predicted octanol–water partition coefficient (Wildman–Crippen LogP) is 2.84. The van der Waals surface area contributed by atoms with E-state index in [1.165, 1.54) is 56.3 Å². The molecule has 0 bridgehead atoms. The summed E-state index contributed by atoms with van der Waals surface area (Å²) in [4.78, 5) is 5.21. The lowest BCUT2D eigenvalue weighted by Crippen LogP contribution is -2.54. The van der Waals surface area contributed by atoms with Crippen LogP contribution in [0, 0.1) is 0 Å². The summed E-state index contributed by atoms with van der Waals surface area (Å²) in [6.45, 7) is 7.41. The molecule has 3 saturated heterocycles. The molecule has 3 fully saturated rings. The Morgan fingerprint density at radius 1 is 1.08 bits per heavy atom. The van der Waals surface area contributed by atoms with Gasteiger partial charge in [-0.2, -0.15) is 0 Å². The van der Waals surface area contributed by atoms with Crippen molar-refractivity contribution < 1.29 is 9.47 Å². The average Bonchev–Trinajstić information content (AvgIpc) is 2.99. The summed E-state index contributed by atoms with van der Waals surface area (Å²) in [7, 11) is 0. The summed E-state index contributed by atoms with van der Waals surface area (Å²) in [5.41, 5.74) is 2.95. The molecule has 25 heavy (non-hydrogen) atoms. The Morgan fingerprint density at radius 3 is 2.92 bits per heavy atom. The average molecular weight is 342 g/mol. The largest absolute Gasteiger partial charge is 0.487 e. The van der Waals surface area contributed by atoms with Crippen LogP contribution in [0.15, 0.2) is 18.2 Å². The number of fused-ring (bicyclic) bond motifs is 2. The van der Waals surface area contributed by atoms with Crippen molar-refractivity contribution >= 4 is 0 Å². The van der Waals surface area contributed by atoms with Crippen molar-refractivity contribution in [3.63, 3.8) is 0 Å². The van der Waals surface area contributed by atoms with Crippen molar-refractivity contribution in [1.29, 1.82) is 0 Å². The normalized spacial score (nSPS) is 33.0. The minimum atomic E-state index is 0.0818. The van der Waals surface area contributed by atoms with Crippen LogP contribution in [-0.4, -0.2) is 60.8 Å². The zero-order valence-electron chi connectivity index (χ0n) is 15.2. The molecule has 4 nitrogen and oxygen atoms in total. The molecule has 0 radical (unpaired) electrons. The van der Waals surface area contributed by atoms with E-state index in [9.17, 15) is 0 Å². The summed E-state index contributed by atoms with van der Waals surface area (Å²) >= 11 is 0. The zero-order valence-corrected chi connectivity index (χ0v) is 15.2. The molecule has 0 aromatic heterocycles. The van der Waals surface area contributed by atoms with Crippen LogP contribution < -0.4 is 4.74 Å². The first kappa shape index (κ1) is 16.1. The molecule has 136 valence electrons. The van der Waals surface area contributed by atoms with E-state index in [0.717, 1.165) is 51.1 Å². The van der Waals surface area contributed by atoms with E-state index in [0.29, 0.717) is 0 Å².